The van der Waals surface area contributed by atoms with Gasteiger partial charge in [-0.1, -0.05) is 240 Å². The Morgan fingerprint density at radius 3 is 1.42 bits per heavy atom. The second-order valence-corrected chi connectivity index (χ2v) is 22.8. The summed E-state index contributed by atoms with van der Waals surface area (Å²) in [4.78, 5) is 15.9. The summed E-state index contributed by atoms with van der Waals surface area (Å²) in [7, 11) is 0. The van der Waals surface area contributed by atoms with E-state index >= 15 is 0 Å². The summed E-state index contributed by atoms with van der Waals surface area (Å²) in [5.74, 6) is 2.23. The highest BCUT2D eigenvalue weighted by Gasteiger charge is 2.46. The zero-order valence-electron chi connectivity index (χ0n) is 44.7. The van der Waals surface area contributed by atoms with Gasteiger partial charge in [-0.15, -0.1) is 0 Å². The minimum Gasteiger partial charge on any atom is -0.278 e. The normalized spacial score (nSPS) is 16.0. The molecule has 4 nitrogen and oxygen atoms in total. The van der Waals surface area contributed by atoms with Crippen molar-refractivity contribution < 1.29 is 0 Å². The standard InChI is InChI=1S/C75H56N4/c1-74(2)65-34-18-17-33-59(65)61-43-63-64-44-62-60-42-55(52-30-20-32-54(38-52)58-40-56(48-23-11-6-12-24-48)39-57(41-58)53-31-19-29-51(37-53)47-21-9-5-10-22-47)35-36-66(60)75(3,4)68(62)46-70(64)79(69(63)45-67(61)74)73-77-71(49-25-13-7-14-26-49)76-72(78-73)50-27-15-8-16-28-50/h5-46,62,68H,1-4H3. The molecular formula is C75H56N4. The van der Waals surface area contributed by atoms with Gasteiger partial charge in [-0.2, -0.15) is 9.97 Å². The van der Waals surface area contributed by atoms with E-state index in [1.54, 1.807) is 0 Å². The fourth-order valence-electron chi connectivity index (χ4n) is 13.4. The first kappa shape index (κ1) is 46.8. The summed E-state index contributed by atoms with van der Waals surface area (Å²) in [5, 5.41) is 3.56. The monoisotopic (exact) mass is 1010 g/mol. The van der Waals surface area contributed by atoms with E-state index in [0.717, 1.165) is 22.0 Å². The minimum absolute atomic E-state index is 0.145. The van der Waals surface area contributed by atoms with E-state index in [4.69, 9.17) is 15.0 Å². The largest absolute Gasteiger partial charge is 0.278 e. The van der Waals surface area contributed by atoms with Crippen LogP contribution in [-0.2, 0) is 10.8 Å². The van der Waals surface area contributed by atoms with Gasteiger partial charge in [0.15, 0.2) is 11.6 Å². The number of hydrogen-bond acceptors (Lipinski definition) is 3. The number of benzene rings is 10. The third kappa shape index (κ3) is 7.69. The predicted molar refractivity (Wildman–Crippen MR) is 326 cm³/mol. The Morgan fingerprint density at radius 2 is 0.823 bits per heavy atom. The van der Waals surface area contributed by atoms with Gasteiger partial charge in [0, 0.05) is 33.1 Å². The lowest BCUT2D eigenvalue weighted by atomic mass is 9.74. The van der Waals surface area contributed by atoms with Crippen molar-refractivity contribution >= 4 is 23.1 Å². The molecule has 3 aliphatic rings. The molecule has 2 atom stereocenters. The second kappa shape index (κ2) is 18.0. The molecule has 79 heavy (non-hydrogen) atoms. The van der Waals surface area contributed by atoms with E-state index in [2.05, 4.69) is 275 Å². The van der Waals surface area contributed by atoms with Gasteiger partial charge in [0.25, 0.3) is 0 Å². The van der Waals surface area contributed by atoms with Crippen LogP contribution in [0.15, 0.2) is 243 Å². The van der Waals surface area contributed by atoms with Crippen molar-refractivity contribution in [2.75, 3.05) is 0 Å². The van der Waals surface area contributed by atoms with Crippen molar-refractivity contribution in [3.63, 3.8) is 0 Å². The second-order valence-electron chi connectivity index (χ2n) is 22.8. The average molecular weight is 1010 g/mol. The van der Waals surface area contributed by atoms with E-state index in [0.29, 0.717) is 17.6 Å². The Labute approximate surface area is 461 Å². The smallest absolute Gasteiger partial charge is 0.238 e. The van der Waals surface area contributed by atoms with Gasteiger partial charge in [0.05, 0.1) is 10.9 Å². The van der Waals surface area contributed by atoms with Crippen LogP contribution in [0.3, 0.4) is 0 Å². The molecule has 0 aliphatic heterocycles. The van der Waals surface area contributed by atoms with Crippen molar-refractivity contribution in [1.29, 1.82) is 0 Å². The molecule has 2 unspecified atom stereocenters. The molecule has 0 amide bonds. The minimum atomic E-state index is -0.195. The summed E-state index contributed by atoms with van der Waals surface area (Å²) in [6, 6.07) is 88.3. The molecule has 0 saturated carbocycles. The van der Waals surface area contributed by atoms with Gasteiger partial charge in [0.1, 0.15) is 0 Å². The topological polar surface area (TPSA) is 43.6 Å². The number of aromatic nitrogens is 4. The van der Waals surface area contributed by atoms with Crippen molar-refractivity contribution in [3.8, 4) is 95.5 Å². The molecule has 2 heterocycles. The maximum Gasteiger partial charge on any atom is 0.238 e. The Hall–Kier alpha value is -9.51. The van der Waals surface area contributed by atoms with Crippen LogP contribution in [0.1, 0.15) is 55.9 Å². The molecule has 0 N–H and O–H groups in total. The lowest BCUT2D eigenvalue weighted by molar-refractivity contribution is 0.421. The summed E-state index contributed by atoms with van der Waals surface area (Å²) >= 11 is 0. The SMILES string of the molecule is CC1(C)c2ccccc2-c2cc3c4c(n(-c5nc(-c6ccccc6)nc(-c6ccccc6)n5)c3cc21)=CC1C(C=4)c2cc(-c3cccc(-c4cc(-c5ccccc5)cc(-c5cccc(-c6ccccc6)c5)c4)c3)ccc2C1(C)C. The molecule has 3 aliphatic carbocycles. The molecule has 376 valence electrons. The Bertz CT molecular complexity index is 4480. The first-order valence-corrected chi connectivity index (χ1v) is 27.7. The van der Waals surface area contributed by atoms with Crippen LogP contribution in [0.2, 0.25) is 0 Å². The quantitative estimate of drug-likeness (QED) is 0.152. The number of rotatable bonds is 8. The van der Waals surface area contributed by atoms with Crippen LogP contribution in [0, 0.1) is 5.92 Å². The van der Waals surface area contributed by atoms with Gasteiger partial charge >= 0.3 is 0 Å². The fourth-order valence-corrected chi connectivity index (χ4v) is 13.4. The number of fused-ring (bicyclic) bond motifs is 9. The van der Waals surface area contributed by atoms with Crippen LogP contribution in [0.4, 0.5) is 0 Å². The number of nitrogens with zero attached hydrogens (tertiary/aromatic N) is 4. The highest BCUT2D eigenvalue weighted by Crippen LogP contribution is 2.54. The van der Waals surface area contributed by atoms with Gasteiger partial charge in [-0.25, -0.2) is 4.98 Å². The third-order valence-corrected chi connectivity index (χ3v) is 17.5. The first-order valence-electron chi connectivity index (χ1n) is 27.7. The average Bonchev–Trinajstić information content (AvgIpc) is 4.25. The Balaban J connectivity index is 0.888. The highest BCUT2D eigenvalue weighted by molar-refractivity contribution is 5.95. The van der Waals surface area contributed by atoms with E-state index in [1.807, 2.05) is 12.1 Å². The van der Waals surface area contributed by atoms with E-state index in [1.165, 1.54) is 99.6 Å². The molecule has 2 aromatic heterocycles. The van der Waals surface area contributed by atoms with Crippen LogP contribution in [0.25, 0.3) is 119 Å². The Morgan fingerprint density at radius 1 is 0.354 bits per heavy atom. The fraction of sp³-hybridized carbons (Fsp3) is 0.107. The third-order valence-electron chi connectivity index (χ3n) is 17.5. The van der Waals surface area contributed by atoms with Crippen molar-refractivity contribution in [2.24, 2.45) is 5.92 Å². The maximum absolute atomic E-state index is 5.40. The van der Waals surface area contributed by atoms with Gasteiger partial charge in [-0.05, 0) is 143 Å². The molecule has 0 bridgehead atoms. The summed E-state index contributed by atoms with van der Waals surface area (Å²) in [6.07, 6.45) is 5.15. The van der Waals surface area contributed by atoms with Crippen LogP contribution >= 0.6 is 0 Å². The molecule has 15 rings (SSSR count). The molecule has 0 spiro atoms. The summed E-state index contributed by atoms with van der Waals surface area (Å²) < 4.78 is 2.35. The van der Waals surface area contributed by atoms with E-state index < -0.39 is 0 Å². The zero-order valence-corrected chi connectivity index (χ0v) is 44.7. The molecule has 10 aromatic carbocycles. The van der Waals surface area contributed by atoms with Crippen LogP contribution in [0.5, 0.6) is 0 Å². The molecule has 4 heteroatoms. The lowest BCUT2D eigenvalue weighted by Gasteiger charge is -2.29. The van der Waals surface area contributed by atoms with Crippen LogP contribution in [-0.4, -0.2) is 19.5 Å². The molecule has 12 aromatic rings. The number of hydrogen-bond donors (Lipinski definition) is 0. The predicted octanol–water partition coefficient (Wildman–Crippen LogP) is 17.1. The summed E-state index contributed by atoms with van der Waals surface area (Å²) in [6.45, 7) is 9.59. The lowest BCUT2D eigenvalue weighted by Crippen LogP contribution is -2.38. The summed E-state index contributed by atoms with van der Waals surface area (Å²) in [5.41, 5.74) is 22.7. The highest BCUT2D eigenvalue weighted by atomic mass is 15.2. The van der Waals surface area contributed by atoms with Crippen LogP contribution < -0.4 is 10.6 Å². The van der Waals surface area contributed by atoms with E-state index in [-0.39, 0.29) is 22.7 Å². The Kier molecular flexibility index (Phi) is 10.7. The van der Waals surface area contributed by atoms with E-state index in [9.17, 15) is 0 Å². The molecule has 0 radical (unpaired) electrons. The van der Waals surface area contributed by atoms with Crippen molar-refractivity contribution in [1.82, 2.24) is 19.5 Å². The van der Waals surface area contributed by atoms with Gasteiger partial charge in [0.2, 0.25) is 5.95 Å². The first-order chi connectivity index (χ1) is 38.6. The zero-order chi connectivity index (χ0) is 53.0. The maximum atomic E-state index is 5.40. The molecule has 0 fully saturated rings. The van der Waals surface area contributed by atoms with Gasteiger partial charge < -0.3 is 0 Å². The van der Waals surface area contributed by atoms with Crippen molar-refractivity contribution in [2.45, 2.75) is 44.4 Å². The molecular weight excluding hydrogens is 957 g/mol. The van der Waals surface area contributed by atoms with Gasteiger partial charge in [-0.3, -0.25) is 4.57 Å². The molecule has 0 saturated heterocycles. The van der Waals surface area contributed by atoms with Crippen molar-refractivity contribution in [3.05, 3.63) is 275 Å².